The van der Waals surface area contributed by atoms with Crippen LogP contribution < -0.4 is 5.32 Å². The highest BCUT2D eigenvalue weighted by Gasteiger charge is 2.33. The lowest BCUT2D eigenvalue weighted by molar-refractivity contribution is -0.129. The number of nitrogens with one attached hydrogen (secondary N) is 1. The van der Waals surface area contributed by atoms with Crippen molar-refractivity contribution in [2.75, 3.05) is 13.1 Å². The zero-order chi connectivity index (χ0) is 14.5. The highest BCUT2D eigenvalue weighted by Crippen LogP contribution is 2.07. The van der Waals surface area contributed by atoms with Gasteiger partial charge in [0, 0.05) is 13.5 Å². The quantitative estimate of drug-likeness (QED) is 0.882. The molecular formula is C14H16N2O4. The molecule has 0 saturated carbocycles. The van der Waals surface area contributed by atoms with E-state index in [-0.39, 0.29) is 31.4 Å². The lowest BCUT2D eigenvalue weighted by Gasteiger charge is -2.13. The minimum atomic E-state index is -0.679. The van der Waals surface area contributed by atoms with Crippen LogP contribution in [0.2, 0.25) is 0 Å². The molecule has 1 unspecified atom stereocenters. The lowest BCUT2D eigenvalue weighted by Crippen LogP contribution is -2.41. The van der Waals surface area contributed by atoms with Gasteiger partial charge in [-0.3, -0.25) is 9.59 Å². The van der Waals surface area contributed by atoms with Crippen LogP contribution in [0.3, 0.4) is 0 Å². The van der Waals surface area contributed by atoms with Crippen molar-refractivity contribution in [3.05, 3.63) is 35.9 Å². The summed E-state index contributed by atoms with van der Waals surface area (Å²) in [5.74, 6) is -0.364. The van der Waals surface area contributed by atoms with Crippen LogP contribution in [0.25, 0.3) is 0 Å². The number of amides is 2. The van der Waals surface area contributed by atoms with Crippen molar-refractivity contribution in [3.8, 4) is 0 Å². The standard InChI is InChI=1S/C14H16N2O4/c1-10(17)16-7-12(13(18)8-16)15-14(19)20-9-11-5-3-2-4-6-11/h2-6,12H,7-9H2,1H3,(H,15,19). The maximum Gasteiger partial charge on any atom is 0.408 e. The molecular weight excluding hydrogens is 260 g/mol. The monoisotopic (exact) mass is 276 g/mol. The number of nitrogens with zero attached hydrogens (tertiary/aromatic N) is 1. The van der Waals surface area contributed by atoms with Gasteiger partial charge < -0.3 is 15.0 Å². The van der Waals surface area contributed by atoms with Crippen LogP contribution in [0.5, 0.6) is 0 Å². The van der Waals surface area contributed by atoms with E-state index in [4.69, 9.17) is 4.74 Å². The highest BCUT2D eigenvalue weighted by atomic mass is 16.5. The molecule has 1 saturated heterocycles. The molecule has 1 aliphatic rings. The van der Waals surface area contributed by atoms with Gasteiger partial charge in [-0.15, -0.1) is 0 Å². The molecule has 1 heterocycles. The van der Waals surface area contributed by atoms with E-state index in [1.807, 2.05) is 30.3 Å². The van der Waals surface area contributed by atoms with Crippen molar-refractivity contribution < 1.29 is 19.1 Å². The van der Waals surface area contributed by atoms with Gasteiger partial charge in [0.05, 0.1) is 6.54 Å². The van der Waals surface area contributed by atoms with E-state index in [1.54, 1.807) is 0 Å². The van der Waals surface area contributed by atoms with Crippen LogP contribution in [0, 0.1) is 0 Å². The normalized spacial score (nSPS) is 17.9. The SMILES string of the molecule is CC(=O)N1CC(=O)C(NC(=O)OCc2ccccc2)C1. The Kier molecular flexibility index (Phi) is 4.34. The van der Waals surface area contributed by atoms with E-state index < -0.39 is 12.1 Å². The van der Waals surface area contributed by atoms with Gasteiger partial charge in [0.1, 0.15) is 12.6 Å². The number of rotatable bonds is 3. The average molecular weight is 276 g/mol. The number of ether oxygens (including phenoxy) is 1. The molecule has 0 aliphatic carbocycles. The van der Waals surface area contributed by atoms with Crippen molar-refractivity contribution in [1.82, 2.24) is 10.2 Å². The van der Waals surface area contributed by atoms with Gasteiger partial charge in [0.2, 0.25) is 5.91 Å². The van der Waals surface area contributed by atoms with Crippen molar-refractivity contribution in [3.63, 3.8) is 0 Å². The molecule has 1 aromatic rings. The summed E-state index contributed by atoms with van der Waals surface area (Å²) in [6, 6.07) is 8.57. The Labute approximate surface area is 116 Å². The summed E-state index contributed by atoms with van der Waals surface area (Å²) in [6.45, 7) is 1.78. The summed E-state index contributed by atoms with van der Waals surface area (Å²) in [6.07, 6.45) is -0.655. The molecule has 1 aliphatic heterocycles. The Morgan fingerprint density at radius 3 is 2.65 bits per heavy atom. The molecule has 1 atom stereocenters. The first-order valence-corrected chi connectivity index (χ1v) is 6.31. The van der Waals surface area contributed by atoms with Crippen molar-refractivity contribution in [1.29, 1.82) is 0 Å². The third kappa shape index (κ3) is 3.57. The molecule has 20 heavy (non-hydrogen) atoms. The first kappa shape index (κ1) is 14.0. The molecule has 0 bridgehead atoms. The largest absolute Gasteiger partial charge is 0.445 e. The fourth-order valence-corrected chi connectivity index (χ4v) is 1.96. The number of hydrogen-bond donors (Lipinski definition) is 1. The Bertz CT molecular complexity index is 515. The van der Waals surface area contributed by atoms with Crippen LogP contribution in [-0.2, 0) is 20.9 Å². The lowest BCUT2D eigenvalue weighted by atomic mass is 10.2. The number of ketones is 1. The molecule has 0 radical (unpaired) electrons. The van der Waals surface area contributed by atoms with Gasteiger partial charge in [0.25, 0.3) is 0 Å². The number of alkyl carbamates (subject to hydrolysis) is 1. The van der Waals surface area contributed by atoms with Crippen LogP contribution in [-0.4, -0.2) is 41.8 Å². The van der Waals surface area contributed by atoms with Gasteiger partial charge in [0.15, 0.2) is 5.78 Å². The Hall–Kier alpha value is -2.37. The Morgan fingerprint density at radius 2 is 2.05 bits per heavy atom. The summed E-state index contributed by atoms with van der Waals surface area (Å²) < 4.78 is 5.03. The topological polar surface area (TPSA) is 75.7 Å². The molecule has 2 amide bonds. The minimum Gasteiger partial charge on any atom is -0.445 e. The highest BCUT2D eigenvalue weighted by molar-refractivity contribution is 5.94. The maximum atomic E-state index is 11.6. The summed E-state index contributed by atoms with van der Waals surface area (Å²) in [7, 11) is 0. The summed E-state index contributed by atoms with van der Waals surface area (Å²) in [5.41, 5.74) is 0.866. The number of likely N-dealkylation sites (tertiary alicyclic amines) is 1. The molecule has 106 valence electrons. The van der Waals surface area contributed by atoms with Crippen LogP contribution in [0.1, 0.15) is 12.5 Å². The average Bonchev–Trinajstić information content (AvgIpc) is 2.79. The predicted molar refractivity (Wildman–Crippen MR) is 70.8 cm³/mol. The smallest absolute Gasteiger partial charge is 0.408 e. The zero-order valence-electron chi connectivity index (χ0n) is 11.2. The number of carbonyl (C=O) groups is 3. The van der Waals surface area contributed by atoms with Crippen molar-refractivity contribution in [2.24, 2.45) is 0 Å². The van der Waals surface area contributed by atoms with E-state index >= 15 is 0 Å². The van der Waals surface area contributed by atoms with Crippen molar-refractivity contribution >= 4 is 17.8 Å². The second kappa shape index (κ2) is 6.18. The number of hydrogen-bond acceptors (Lipinski definition) is 4. The van der Waals surface area contributed by atoms with E-state index in [2.05, 4.69) is 5.32 Å². The zero-order valence-corrected chi connectivity index (χ0v) is 11.2. The number of carbonyl (C=O) groups excluding carboxylic acids is 3. The minimum absolute atomic E-state index is 0.0406. The molecule has 0 spiro atoms. The predicted octanol–water partition coefficient (Wildman–Crippen LogP) is 0.713. The second-order valence-corrected chi connectivity index (χ2v) is 4.62. The first-order chi connectivity index (χ1) is 9.56. The van der Waals surface area contributed by atoms with Gasteiger partial charge in [-0.05, 0) is 5.56 Å². The third-order valence-electron chi connectivity index (χ3n) is 3.09. The van der Waals surface area contributed by atoms with Crippen LogP contribution in [0.15, 0.2) is 30.3 Å². The van der Waals surface area contributed by atoms with Gasteiger partial charge >= 0.3 is 6.09 Å². The molecule has 0 aromatic heterocycles. The van der Waals surface area contributed by atoms with Gasteiger partial charge in [-0.1, -0.05) is 30.3 Å². The van der Waals surface area contributed by atoms with E-state index in [0.29, 0.717) is 0 Å². The van der Waals surface area contributed by atoms with Crippen LogP contribution >= 0.6 is 0 Å². The molecule has 6 heteroatoms. The number of benzene rings is 1. The molecule has 1 N–H and O–H groups in total. The molecule has 1 aromatic carbocycles. The second-order valence-electron chi connectivity index (χ2n) is 4.62. The van der Waals surface area contributed by atoms with E-state index in [1.165, 1.54) is 11.8 Å². The Morgan fingerprint density at radius 1 is 1.35 bits per heavy atom. The van der Waals surface area contributed by atoms with E-state index in [0.717, 1.165) is 5.56 Å². The van der Waals surface area contributed by atoms with Crippen molar-refractivity contribution in [2.45, 2.75) is 19.6 Å². The molecule has 1 fully saturated rings. The third-order valence-corrected chi connectivity index (χ3v) is 3.09. The Balaban J connectivity index is 1.80. The molecule has 6 nitrogen and oxygen atoms in total. The van der Waals surface area contributed by atoms with E-state index in [9.17, 15) is 14.4 Å². The summed E-state index contributed by atoms with van der Waals surface area (Å²) >= 11 is 0. The van der Waals surface area contributed by atoms with Gasteiger partial charge in [-0.2, -0.15) is 0 Å². The number of Topliss-reactive ketones (excluding diaryl/α,β-unsaturated/α-hetero) is 1. The fraction of sp³-hybridized carbons (Fsp3) is 0.357. The first-order valence-electron chi connectivity index (χ1n) is 6.31. The molecule has 2 rings (SSSR count). The summed E-state index contributed by atoms with van der Waals surface area (Å²) in [4.78, 5) is 35.8. The maximum absolute atomic E-state index is 11.6. The van der Waals surface area contributed by atoms with Crippen LogP contribution in [0.4, 0.5) is 4.79 Å². The fourth-order valence-electron chi connectivity index (χ4n) is 1.96. The summed E-state index contributed by atoms with van der Waals surface area (Å²) in [5, 5.41) is 2.48. The van der Waals surface area contributed by atoms with Gasteiger partial charge in [-0.25, -0.2) is 4.79 Å².